The van der Waals surface area contributed by atoms with Crippen LogP contribution < -0.4 is 5.32 Å². The van der Waals surface area contributed by atoms with Crippen molar-refractivity contribution in [2.45, 2.75) is 39.3 Å². The summed E-state index contributed by atoms with van der Waals surface area (Å²) in [7, 11) is 0. The molecule has 1 aliphatic heterocycles. The summed E-state index contributed by atoms with van der Waals surface area (Å²) in [5, 5.41) is 13.1. The zero-order valence-electron chi connectivity index (χ0n) is 12.3. The highest BCUT2D eigenvalue weighted by atomic mass is 16.5. The lowest BCUT2D eigenvalue weighted by Gasteiger charge is -2.41. The highest BCUT2D eigenvalue weighted by Crippen LogP contribution is 2.41. The second kappa shape index (κ2) is 5.82. The van der Waals surface area contributed by atoms with Gasteiger partial charge in [0.15, 0.2) is 5.69 Å². The van der Waals surface area contributed by atoms with Crippen LogP contribution in [0.25, 0.3) is 4.85 Å². The standard InChI is InChI=1S/C16H22N2O2/c1-5-20-14-9-15(16(2,3)10-19)18-13-7-6-11(17-4)8-12(13)14/h6-8,14-15,18-19H,5,9-10H2,1-3H3. The number of ether oxygens (including phenoxy) is 1. The van der Waals surface area contributed by atoms with Crippen LogP contribution in [0, 0.1) is 12.0 Å². The SMILES string of the molecule is [C-]#[N+]c1ccc2c(c1)C(OCC)CC(C(C)(C)CO)N2. The number of hydrogen-bond donors (Lipinski definition) is 2. The van der Waals surface area contributed by atoms with Crippen molar-refractivity contribution in [3.63, 3.8) is 0 Å². The molecule has 0 amide bonds. The first-order valence-electron chi connectivity index (χ1n) is 7.02. The van der Waals surface area contributed by atoms with Crippen molar-refractivity contribution in [2.75, 3.05) is 18.5 Å². The molecular formula is C16H22N2O2. The first-order valence-corrected chi connectivity index (χ1v) is 7.02. The predicted octanol–water partition coefficient (Wildman–Crippen LogP) is 3.52. The van der Waals surface area contributed by atoms with Crippen molar-refractivity contribution in [3.05, 3.63) is 35.2 Å². The van der Waals surface area contributed by atoms with E-state index in [2.05, 4.69) is 10.2 Å². The van der Waals surface area contributed by atoms with Gasteiger partial charge in [-0.05, 0) is 31.0 Å². The van der Waals surface area contributed by atoms with E-state index in [0.717, 1.165) is 17.7 Å². The van der Waals surface area contributed by atoms with Crippen LogP contribution in [0.3, 0.4) is 0 Å². The zero-order chi connectivity index (χ0) is 14.8. The molecule has 108 valence electrons. The highest BCUT2D eigenvalue weighted by Gasteiger charge is 2.36. The van der Waals surface area contributed by atoms with E-state index < -0.39 is 0 Å². The molecule has 1 aromatic carbocycles. The van der Waals surface area contributed by atoms with Gasteiger partial charge in [0.05, 0.1) is 19.3 Å². The molecule has 0 saturated carbocycles. The second-order valence-electron chi connectivity index (χ2n) is 5.91. The fourth-order valence-corrected chi connectivity index (χ4v) is 2.59. The minimum absolute atomic E-state index is 0.0197. The van der Waals surface area contributed by atoms with Crippen molar-refractivity contribution in [2.24, 2.45) is 5.41 Å². The molecule has 1 aromatic rings. The molecular weight excluding hydrogens is 252 g/mol. The molecule has 2 N–H and O–H groups in total. The topological polar surface area (TPSA) is 45.9 Å². The van der Waals surface area contributed by atoms with Gasteiger partial charge in [0.1, 0.15) is 0 Å². The normalized spacial score (nSPS) is 21.8. The minimum atomic E-state index is -0.217. The molecule has 1 heterocycles. The largest absolute Gasteiger partial charge is 0.396 e. The predicted molar refractivity (Wildman–Crippen MR) is 80.0 cm³/mol. The summed E-state index contributed by atoms with van der Waals surface area (Å²) in [6.45, 7) is 14.0. The molecule has 0 fully saturated rings. The maximum absolute atomic E-state index is 9.57. The van der Waals surface area contributed by atoms with Crippen LogP contribution in [0.5, 0.6) is 0 Å². The lowest BCUT2D eigenvalue weighted by molar-refractivity contribution is 0.0302. The molecule has 4 nitrogen and oxygen atoms in total. The Morgan fingerprint density at radius 2 is 2.25 bits per heavy atom. The Hall–Kier alpha value is -1.57. The zero-order valence-corrected chi connectivity index (χ0v) is 12.3. The number of fused-ring (bicyclic) bond motifs is 1. The summed E-state index contributed by atoms with van der Waals surface area (Å²) in [4.78, 5) is 3.48. The first kappa shape index (κ1) is 14.8. The van der Waals surface area contributed by atoms with E-state index in [9.17, 15) is 5.11 Å². The van der Waals surface area contributed by atoms with E-state index in [1.54, 1.807) is 0 Å². The van der Waals surface area contributed by atoms with Crippen LogP contribution in [-0.4, -0.2) is 24.4 Å². The van der Waals surface area contributed by atoms with Gasteiger partial charge in [-0.25, -0.2) is 4.85 Å². The van der Waals surface area contributed by atoms with Crippen molar-refractivity contribution in [1.82, 2.24) is 0 Å². The average Bonchev–Trinajstić information content (AvgIpc) is 2.46. The van der Waals surface area contributed by atoms with Crippen LogP contribution in [-0.2, 0) is 4.74 Å². The molecule has 0 radical (unpaired) electrons. The number of aliphatic hydroxyl groups is 1. The Labute approximate surface area is 120 Å². The Morgan fingerprint density at radius 3 is 2.85 bits per heavy atom. The van der Waals surface area contributed by atoms with E-state index >= 15 is 0 Å². The van der Waals surface area contributed by atoms with E-state index in [1.165, 1.54) is 0 Å². The van der Waals surface area contributed by atoms with E-state index in [-0.39, 0.29) is 24.2 Å². The van der Waals surface area contributed by atoms with Gasteiger partial charge in [0, 0.05) is 23.8 Å². The van der Waals surface area contributed by atoms with Gasteiger partial charge in [-0.1, -0.05) is 19.9 Å². The molecule has 1 aliphatic rings. The van der Waals surface area contributed by atoms with Gasteiger partial charge in [-0.15, -0.1) is 0 Å². The summed E-state index contributed by atoms with van der Waals surface area (Å²) in [5.74, 6) is 0. The van der Waals surface area contributed by atoms with E-state index in [4.69, 9.17) is 11.3 Å². The Morgan fingerprint density at radius 1 is 1.50 bits per heavy atom. The van der Waals surface area contributed by atoms with Crippen LogP contribution in [0.15, 0.2) is 18.2 Å². The molecule has 0 spiro atoms. The molecule has 2 unspecified atom stereocenters. The van der Waals surface area contributed by atoms with Crippen molar-refractivity contribution >= 4 is 11.4 Å². The summed E-state index contributed by atoms with van der Waals surface area (Å²) in [6.07, 6.45) is 0.782. The molecule has 0 bridgehead atoms. The smallest absolute Gasteiger partial charge is 0.187 e. The average molecular weight is 274 g/mol. The van der Waals surface area contributed by atoms with Crippen molar-refractivity contribution in [1.29, 1.82) is 0 Å². The molecule has 0 aromatic heterocycles. The van der Waals surface area contributed by atoms with Gasteiger partial charge in [-0.2, -0.15) is 0 Å². The highest BCUT2D eigenvalue weighted by molar-refractivity contribution is 5.63. The molecule has 2 rings (SSSR count). The Balaban J connectivity index is 2.36. The third kappa shape index (κ3) is 2.79. The quantitative estimate of drug-likeness (QED) is 0.826. The van der Waals surface area contributed by atoms with E-state index in [1.807, 2.05) is 39.0 Å². The van der Waals surface area contributed by atoms with Gasteiger partial charge >= 0.3 is 0 Å². The number of nitrogens with one attached hydrogen (secondary N) is 1. The van der Waals surface area contributed by atoms with Crippen LogP contribution in [0.4, 0.5) is 11.4 Å². The number of benzene rings is 1. The maximum Gasteiger partial charge on any atom is 0.187 e. The number of aliphatic hydroxyl groups excluding tert-OH is 1. The summed E-state index contributed by atoms with van der Waals surface area (Å²) < 4.78 is 5.85. The van der Waals surface area contributed by atoms with Crippen molar-refractivity contribution < 1.29 is 9.84 Å². The number of anilines is 1. The van der Waals surface area contributed by atoms with E-state index in [0.29, 0.717) is 12.3 Å². The third-order valence-corrected chi connectivity index (χ3v) is 4.01. The maximum atomic E-state index is 9.57. The number of hydrogen-bond acceptors (Lipinski definition) is 3. The Kier molecular flexibility index (Phi) is 4.32. The number of nitrogens with zero attached hydrogens (tertiary/aromatic N) is 1. The van der Waals surface area contributed by atoms with Crippen molar-refractivity contribution in [3.8, 4) is 0 Å². The third-order valence-electron chi connectivity index (χ3n) is 4.01. The first-order chi connectivity index (χ1) is 9.51. The van der Waals surface area contributed by atoms with Gasteiger partial charge in [0.2, 0.25) is 0 Å². The monoisotopic (exact) mass is 274 g/mol. The summed E-state index contributed by atoms with van der Waals surface area (Å²) in [6, 6.07) is 5.80. The van der Waals surface area contributed by atoms with Gasteiger partial charge in [-0.3, -0.25) is 0 Å². The van der Waals surface area contributed by atoms with Crippen LogP contribution in [0.2, 0.25) is 0 Å². The summed E-state index contributed by atoms with van der Waals surface area (Å²) >= 11 is 0. The van der Waals surface area contributed by atoms with Gasteiger partial charge in [0.25, 0.3) is 0 Å². The second-order valence-corrected chi connectivity index (χ2v) is 5.91. The fourth-order valence-electron chi connectivity index (χ4n) is 2.59. The van der Waals surface area contributed by atoms with Crippen LogP contribution >= 0.6 is 0 Å². The summed E-state index contributed by atoms with van der Waals surface area (Å²) in [5.41, 5.74) is 2.47. The molecule has 4 heteroatoms. The lowest BCUT2D eigenvalue weighted by Crippen LogP contribution is -2.43. The molecule has 0 aliphatic carbocycles. The fraction of sp³-hybridized carbons (Fsp3) is 0.562. The Bertz CT molecular complexity index is 520. The van der Waals surface area contributed by atoms with Gasteiger partial charge < -0.3 is 15.2 Å². The molecule has 0 saturated heterocycles. The molecule has 20 heavy (non-hydrogen) atoms. The lowest BCUT2D eigenvalue weighted by atomic mass is 9.78. The van der Waals surface area contributed by atoms with Crippen LogP contribution in [0.1, 0.15) is 38.9 Å². The minimum Gasteiger partial charge on any atom is -0.396 e. The molecule has 2 atom stereocenters. The number of rotatable bonds is 4.